The first-order valence-electron chi connectivity index (χ1n) is 5.46. The number of ether oxygens (including phenoxy) is 1. The Kier molecular flexibility index (Phi) is 5.68. The number of ketones is 1. The first-order valence-corrected chi connectivity index (χ1v) is 6.22. The topological polar surface area (TPSA) is 91.0 Å². The fraction of sp³-hybridized carbons (Fsp3) is 0.231. The third-order valence-corrected chi connectivity index (χ3v) is 3.12. The summed E-state index contributed by atoms with van der Waals surface area (Å²) in [5.41, 5.74) is 0.0513. The van der Waals surface area contributed by atoms with Gasteiger partial charge < -0.3 is 10.1 Å². The predicted octanol–water partition coefficient (Wildman–Crippen LogP) is 2.90. The van der Waals surface area contributed by atoms with Crippen LogP contribution in [0.2, 0.25) is 10.0 Å². The number of hydrogen-bond acceptors (Lipinski definition) is 5. The number of nitriles is 1. The molecule has 104 valence electrons. The largest absolute Gasteiger partial charge is 0.454 e. The fourth-order valence-corrected chi connectivity index (χ4v) is 1.63. The van der Waals surface area contributed by atoms with Gasteiger partial charge in [-0.15, -0.1) is 0 Å². The molecule has 0 bridgehead atoms. The van der Waals surface area contributed by atoms with Gasteiger partial charge in [0.15, 0.2) is 12.4 Å². The summed E-state index contributed by atoms with van der Waals surface area (Å²) in [6.07, 6.45) is 0. The van der Waals surface area contributed by atoms with Crippen LogP contribution in [0.5, 0.6) is 0 Å². The quantitative estimate of drug-likeness (QED) is 0.668. The van der Waals surface area contributed by atoms with Gasteiger partial charge in [0.05, 0.1) is 21.7 Å². The smallest absolute Gasteiger partial charge is 0.338 e. The Balaban J connectivity index is 2.68. The SMILES string of the molecule is CC(=N)C(C#N)C(=O)COC(=O)c1ccc(Cl)c(Cl)c1. The Labute approximate surface area is 125 Å². The summed E-state index contributed by atoms with van der Waals surface area (Å²) >= 11 is 11.5. The zero-order valence-electron chi connectivity index (χ0n) is 10.4. The monoisotopic (exact) mass is 312 g/mol. The molecule has 7 heteroatoms. The molecular weight excluding hydrogens is 303 g/mol. The Morgan fingerprint density at radius 3 is 2.55 bits per heavy atom. The molecule has 1 N–H and O–H groups in total. The number of carbonyl (C=O) groups is 2. The second kappa shape index (κ2) is 7.04. The van der Waals surface area contributed by atoms with Crippen LogP contribution in [-0.2, 0) is 9.53 Å². The molecule has 0 amide bonds. The van der Waals surface area contributed by atoms with Crippen LogP contribution in [0.1, 0.15) is 17.3 Å². The van der Waals surface area contributed by atoms with E-state index in [-0.39, 0.29) is 16.3 Å². The number of rotatable bonds is 5. The third-order valence-electron chi connectivity index (χ3n) is 2.38. The lowest BCUT2D eigenvalue weighted by Gasteiger charge is -2.08. The summed E-state index contributed by atoms with van der Waals surface area (Å²) < 4.78 is 4.78. The molecule has 0 heterocycles. The molecule has 0 radical (unpaired) electrons. The summed E-state index contributed by atoms with van der Waals surface area (Å²) in [4.78, 5) is 23.3. The molecular formula is C13H10Cl2N2O3. The maximum atomic E-state index is 11.7. The standard InChI is InChI=1S/C13H10Cl2N2O3/c1-7(17)9(5-16)12(18)6-20-13(19)8-2-3-10(14)11(15)4-8/h2-4,9,17H,6H2,1H3. The van der Waals surface area contributed by atoms with Crippen molar-refractivity contribution in [3.8, 4) is 6.07 Å². The number of halogens is 2. The van der Waals surface area contributed by atoms with Gasteiger partial charge in [-0.25, -0.2) is 4.79 Å². The lowest BCUT2D eigenvalue weighted by Crippen LogP contribution is -2.25. The number of nitrogens with zero attached hydrogens (tertiary/aromatic N) is 1. The number of esters is 1. The van der Waals surface area contributed by atoms with Crippen LogP contribution in [0, 0.1) is 22.7 Å². The minimum Gasteiger partial charge on any atom is -0.454 e. The Morgan fingerprint density at radius 1 is 1.40 bits per heavy atom. The lowest BCUT2D eigenvalue weighted by atomic mass is 10.0. The van der Waals surface area contributed by atoms with Gasteiger partial charge in [0, 0.05) is 5.71 Å². The Bertz CT molecular complexity index is 608. The van der Waals surface area contributed by atoms with Crippen LogP contribution < -0.4 is 0 Å². The second-order valence-electron chi connectivity index (χ2n) is 3.92. The highest BCUT2D eigenvalue weighted by atomic mass is 35.5. The van der Waals surface area contributed by atoms with Crippen molar-refractivity contribution in [2.75, 3.05) is 6.61 Å². The molecule has 1 aromatic carbocycles. The van der Waals surface area contributed by atoms with E-state index in [2.05, 4.69) is 0 Å². The molecule has 0 aliphatic carbocycles. The van der Waals surface area contributed by atoms with E-state index in [1.54, 1.807) is 6.07 Å². The predicted molar refractivity (Wildman–Crippen MR) is 74.3 cm³/mol. The van der Waals surface area contributed by atoms with Crippen molar-refractivity contribution >= 4 is 40.7 Å². The number of Topliss-reactive ketones (excluding diaryl/α,β-unsaturated/α-hetero) is 1. The minimum atomic E-state index is -1.20. The van der Waals surface area contributed by atoms with E-state index in [1.807, 2.05) is 0 Å². The van der Waals surface area contributed by atoms with Gasteiger partial charge in [-0.05, 0) is 25.1 Å². The van der Waals surface area contributed by atoms with Crippen molar-refractivity contribution in [2.45, 2.75) is 6.92 Å². The van der Waals surface area contributed by atoms with E-state index >= 15 is 0 Å². The van der Waals surface area contributed by atoms with Crippen LogP contribution in [0.25, 0.3) is 0 Å². The molecule has 1 unspecified atom stereocenters. The number of hydrogen-bond donors (Lipinski definition) is 1. The molecule has 0 aliphatic rings. The van der Waals surface area contributed by atoms with Gasteiger partial charge in [0.1, 0.15) is 5.92 Å². The third kappa shape index (κ3) is 4.05. The van der Waals surface area contributed by atoms with E-state index in [4.69, 9.17) is 38.6 Å². The van der Waals surface area contributed by atoms with Gasteiger partial charge in [-0.2, -0.15) is 5.26 Å². The summed E-state index contributed by atoms with van der Waals surface area (Å²) in [5.74, 6) is -2.60. The first-order chi connectivity index (χ1) is 9.36. The highest BCUT2D eigenvalue weighted by Crippen LogP contribution is 2.22. The van der Waals surface area contributed by atoms with Crippen LogP contribution in [0.3, 0.4) is 0 Å². The van der Waals surface area contributed by atoms with E-state index in [0.717, 1.165) is 0 Å². The minimum absolute atomic E-state index is 0.0944. The number of nitrogens with one attached hydrogen (secondary N) is 1. The van der Waals surface area contributed by atoms with Gasteiger partial charge in [0.2, 0.25) is 0 Å². The fourth-order valence-electron chi connectivity index (χ4n) is 1.34. The van der Waals surface area contributed by atoms with E-state index in [0.29, 0.717) is 5.02 Å². The van der Waals surface area contributed by atoms with Crippen molar-refractivity contribution in [1.82, 2.24) is 0 Å². The van der Waals surface area contributed by atoms with Crippen molar-refractivity contribution < 1.29 is 14.3 Å². The molecule has 1 rings (SSSR count). The average Bonchev–Trinajstić information content (AvgIpc) is 2.39. The van der Waals surface area contributed by atoms with Gasteiger partial charge >= 0.3 is 5.97 Å². The Hall–Kier alpha value is -1.90. The maximum Gasteiger partial charge on any atom is 0.338 e. The molecule has 1 aromatic rings. The first kappa shape index (κ1) is 16.2. The highest BCUT2D eigenvalue weighted by Gasteiger charge is 2.21. The maximum absolute atomic E-state index is 11.7. The average molecular weight is 313 g/mol. The summed E-state index contributed by atoms with van der Waals surface area (Å²) in [7, 11) is 0. The summed E-state index contributed by atoms with van der Waals surface area (Å²) in [6, 6.07) is 5.84. The Morgan fingerprint density at radius 2 is 2.05 bits per heavy atom. The van der Waals surface area contributed by atoms with Crippen LogP contribution in [0.15, 0.2) is 18.2 Å². The van der Waals surface area contributed by atoms with E-state index < -0.39 is 24.3 Å². The zero-order chi connectivity index (χ0) is 15.3. The van der Waals surface area contributed by atoms with E-state index in [1.165, 1.54) is 25.1 Å². The molecule has 0 saturated carbocycles. The van der Waals surface area contributed by atoms with Gasteiger partial charge in [-0.1, -0.05) is 23.2 Å². The summed E-state index contributed by atoms with van der Waals surface area (Å²) in [6.45, 7) is 0.764. The molecule has 0 aromatic heterocycles. The molecule has 0 fully saturated rings. The summed E-state index contributed by atoms with van der Waals surface area (Å²) in [5, 5.41) is 16.5. The van der Waals surface area contributed by atoms with Crippen LogP contribution >= 0.6 is 23.2 Å². The van der Waals surface area contributed by atoms with Crippen LogP contribution in [-0.4, -0.2) is 24.1 Å². The van der Waals surface area contributed by atoms with E-state index in [9.17, 15) is 9.59 Å². The molecule has 1 atom stereocenters. The van der Waals surface area contributed by atoms with Crippen molar-refractivity contribution in [1.29, 1.82) is 10.7 Å². The van der Waals surface area contributed by atoms with Crippen LogP contribution in [0.4, 0.5) is 0 Å². The number of carbonyl (C=O) groups excluding carboxylic acids is 2. The lowest BCUT2D eigenvalue weighted by molar-refractivity contribution is -0.122. The molecule has 0 spiro atoms. The second-order valence-corrected chi connectivity index (χ2v) is 4.73. The van der Waals surface area contributed by atoms with Crippen molar-refractivity contribution in [3.05, 3.63) is 33.8 Å². The number of benzene rings is 1. The normalized spacial score (nSPS) is 11.3. The van der Waals surface area contributed by atoms with Gasteiger partial charge in [-0.3, -0.25) is 4.79 Å². The highest BCUT2D eigenvalue weighted by molar-refractivity contribution is 6.42. The molecule has 5 nitrogen and oxygen atoms in total. The molecule has 0 aliphatic heterocycles. The molecule has 0 saturated heterocycles. The van der Waals surface area contributed by atoms with Gasteiger partial charge in [0.25, 0.3) is 0 Å². The zero-order valence-corrected chi connectivity index (χ0v) is 12.0. The molecule has 20 heavy (non-hydrogen) atoms. The van der Waals surface area contributed by atoms with Crippen molar-refractivity contribution in [3.63, 3.8) is 0 Å². The van der Waals surface area contributed by atoms with Crippen molar-refractivity contribution in [2.24, 2.45) is 5.92 Å².